The summed E-state index contributed by atoms with van der Waals surface area (Å²) in [7, 11) is 0. The van der Waals surface area contributed by atoms with Crippen LogP contribution >= 0.6 is 0 Å². The highest BCUT2D eigenvalue weighted by Gasteiger charge is 2.12. The van der Waals surface area contributed by atoms with Crippen molar-refractivity contribution in [3.8, 4) is 0 Å². The molecule has 0 radical (unpaired) electrons. The fraction of sp³-hybridized carbons (Fsp3) is 0.688. The largest absolute Gasteiger partial charge is 0.354 e. The van der Waals surface area contributed by atoms with E-state index in [4.69, 9.17) is 4.98 Å². The molecule has 0 fully saturated rings. The van der Waals surface area contributed by atoms with Crippen LogP contribution in [0.3, 0.4) is 0 Å². The molecule has 1 heterocycles. The van der Waals surface area contributed by atoms with E-state index in [0.29, 0.717) is 6.04 Å². The summed E-state index contributed by atoms with van der Waals surface area (Å²) in [6.07, 6.45) is 1.14. The maximum absolute atomic E-state index is 4.78. The zero-order valence-electron chi connectivity index (χ0n) is 13.3. The van der Waals surface area contributed by atoms with Gasteiger partial charge in [-0.3, -0.25) is 0 Å². The second-order valence-electron chi connectivity index (χ2n) is 6.38. The summed E-state index contributed by atoms with van der Waals surface area (Å²) in [6.45, 7) is 15.0. The predicted octanol–water partition coefficient (Wildman–Crippen LogP) is 3.59. The molecule has 1 N–H and O–H groups in total. The Hall–Kier alpha value is -1.09. The van der Waals surface area contributed by atoms with E-state index in [1.54, 1.807) is 0 Å². The minimum Gasteiger partial charge on any atom is -0.354 e. The van der Waals surface area contributed by atoms with E-state index in [0.717, 1.165) is 31.0 Å². The number of hydrogen-bond acceptors (Lipinski definition) is 3. The van der Waals surface area contributed by atoms with Gasteiger partial charge in [0.15, 0.2) is 0 Å². The van der Waals surface area contributed by atoms with E-state index in [1.807, 2.05) is 0 Å². The molecule has 0 aliphatic heterocycles. The highest BCUT2D eigenvalue weighted by molar-refractivity contribution is 5.40. The number of nitrogens with zero attached hydrogens (tertiary/aromatic N) is 2. The Balaban J connectivity index is 2.80. The van der Waals surface area contributed by atoms with Crippen LogP contribution < -0.4 is 10.2 Å². The van der Waals surface area contributed by atoms with Crippen molar-refractivity contribution in [2.45, 2.75) is 66.1 Å². The van der Waals surface area contributed by atoms with Crippen LogP contribution in [0.5, 0.6) is 0 Å². The van der Waals surface area contributed by atoms with Gasteiger partial charge in [0.1, 0.15) is 5.82 Å². The summed E-state index contributed by atoms with van der Waals surface area (Å²) in [5, 5.41) is 3.48. The molecule has 0 amide bonds. The molecule has 108 valence electrons. The number of hydrogen-bond donors (Lipinski definition) is 1. The molecule has 3 nitrogen and oxygen atoms in total. The van der Waals surface area contributed by atoms with Gasteiger partial charge in [0, 0.05) is 24.7 Å². The van der Waals surface area contributed by atoms with E-state index < -0.39 is 0 Å². The van der Waals surface area contributed by atoms with Crippen LogP contribution in [0.2, 0.25) is 0 Å². The Bertz CT molecular complexity index is 380. The van der Waals surface area contributed by atoms with Gasteiger partial charge < -0.3 is 10.2 Å². The first-order chi connectivity index (χ1) is 8.83. The molecular weight excluding hydrogens is 234 g/mol. The fourth-order valence-corrected chi connectivity index (χ4v) is 1.96. The lowest BCUT2D eigenvalue weighted by Crippen LogP contribution is -2.36. The Kier molecular flexibility index (Phi) is 5.80. The van der Waals surface area contributed by atoms with Crippen molar-refractivity contribution in [3.05, 3.63) is 23.9 Å². The van der Waals surface area contributed by atoms with Crippen molar-refractivity contribution >= 4 is 5.82 Å². The molecule has 0 saturated carbocycles. The normalized spacial score (nSPS) is 11.9. The molecule has 0 atom stereocenters. The summed E-state index contributed by atoms with van der Waals surface area (Å²) in [4.78, 5) is 7.14. The molecular formula is C16H29N3. The van der Waals surface area contributed by atoms with Crippen LogP contribution in [0.15, 0.2) is 18.2 Å². The zero-order chi connectivity index (χ0) is 14.5. The van der Waals surface area contributed by atoms with Gasteiger partial charge in [-0.1, -0.05) is 13.0 Å². The standard InChI is InChI=1S/C16H29N3/c1-7-11-19(13(2)3)15-10-8-9-14(18-15)12-17-16(4,5)6/h8-10,13,17H,7,11-12H2,1-6H3. The Morgan fingerprint density at radius 1 is 1.26 bits per heavy atom. The van der Waals surface area contributed by atoms with E-state index in [2.05, 4.69) is 70.0 Å². The number of aromatic nitrogens is 1. The first-order valence-corrected chi connectivity index (χ1v) is 7.31. The van der Waals surface area contributed by atoms with Crippen LogP contribution in [0.1, 0.15) is 53.7 Å². The third-order valence-corrected chi connectivity index (χ3v) is 2.97. The smallest absolute Gasteiger partial charge is 0.129 e. The monoisotopic (exact) mass is 263 g/mol. The van der Waals surface area contributed by atoms with Crippen molar-refractivity contribution in [3.63, 3.8) is 0 Å². The van der Waals surface area contributed by atoms with Crippen LogP contribution in [-0.4, -0.2) is 23.1 Å². The summed E-state index contributed by atoms with van der Waals surface area (Å²) in [5.41, 5.74) is 1.23. The van der Waals surface area contributed by atoms with Crippen LogP contribution in [0.25, 0.3) is 0 Å². The van der Waals surface area contributed by atoms with Gasteiger partial charge in [0.25, 0.3) is 0 Å². The third kappa shape index (κ3) is 5.60. The maximum atomic E-state index is 4.78. The van der Waals surface area contributed by atoms with E-state index in [-0.39, 0.29) is 5.54 Å². The van der Waals surface area contributed by atoms with Crippen molar-refractivity contribution < 1.29 is 0 Å². The predicted molar refractivity (Wildman–Crippen MR) is 83.6 cm³/mol. The van der Waals surface area contributed by atoms with Crippen LogP contribution in [0, 0.1) is 0 Å². The quantitative estimate of drug-likeness (QED) is 0.850. The van der Waals surface area contributed by atoms with E-state index in [1.165, 1.54) is 0 Å². The molecule has 0 bridgehead atoms. The lowest BCUT2D eigenvalue weighted by atomic mass is 10.1. The highest BCUT2D eigenvalue weighted by Crippen LogP contribution is 2.15. The second-order valence-corrected chi connectivity index (χ2v) is 6.38. The highest BCUT2D eigenvalue weighted by atomic mass is 15.2. The molecule has 0 unspecified atom stereocenters. The topological polar surface area (TPSA) is 28.2 Å². The van der Waals surface area contributed by atoms with Gasteiger partial charge in [-0.25, -0.2) is 4.98 Å². The maximum Gasteiger partial charge on any atom is 0.129 e. The number of nitrogens with one attached hydrogen (secondary N) is 1. The Morgan fingerprint density at radius 2 is 1.95 bits per heavy atom. The molecule has 19 heavy (non-hydrogen) atoms. The number of rotatable bonds is 6. The second kappa shape index (κ2) is 6.90. The molecule has 0 aliphatic carbocycles. The summed E-state index contributed by atoms with van der Waals surface area (Å²) in [5.74, 6) is 1.09. The summed E-state index contributed by atoms with van der Waals surface area (Å²) in [6, 6.07) is 6.79. The molecule has 3 heteroatoms. The molecule has 0 spiro atoms. The van der Waals surface area contributed by atoms with Crippen LogP contribution in [-0.2, 0) is 6.54 Å². The van der Waals surface area contributed by atoms with Crippen molar-refractivity contribution in [1.29, 1.82) is 0 Å². The molecule has 1 rings (SSSR count). The average molecular weight is 263 g/mol. The summed E-state index contributed by atoms with van der Waals surface area (Å²) < 4.78 is 0. The molecule has 0 aromatic carbocycles. The first-order valence-electron chi connectivity index (χ1n) is 7.31. The van der Waals surface area contributed by atoms with E-state index >= 15 is 0 Å². The molecule has 0 saturated heterocycles. The Labute approximate surface area is 118 Å². The van der Waals surface area contributed by atoms with Gasteiger partial charge >= 0.3 is 0 Å². The van der Waals surface area contributed by atoms with E-state index in [9.17, 15) is 0 Å². The van der Waals surface area contributed by atoms with Crippen molar-refractivity contribution in [1.82, 2.24) is 10.3 Å². The third-order valence-electron chi connectivity index (χ3n) is 2.97. The average Bonchev–Trinajstić information content (AvgIpc) is 2.32. The summed E-state index contributed by atoms with van der Waals surface area (Å²) >= 11 is 0. The molecule has 1 aromatic rings. The fourth-order valence-electron chi connectivity index (χ4n) is 1.96. The number of pyridine rings is 1. The number of anilines is 1. The van der Waals surface area contributed by atoms with Gasteiger partial charge in [0.2, 0.25) is 0 Å². The lowest BCUT2D eigenvalue weighted by Gasteiger charge is -2.28. The van der Waals surface area contributed by atoms with Gasteiger partial charge in [0.05, 0.1) is 5.69 Å². The zero-order valence-corrected chi connectivity index (χ0v) is 13.3. The van der Waals surface area contributed by atoms with Crippen molar-refractivity contribution in [2.24, 2.45) is 0 Å². The first kappa shape index (κ1) is 16.0. The molecule has 0 aliphatic rings. The van der Waals surface area contributed by atoms with Gasteiger partial charge in [-0.15, -0.1) is 0 Å². The van der Waals surface area contributed by atoms with Gasteiger partial charge in [-0.05, 0) is 53.2 Å². The Morgan fingerprint density at radius 3 is 2.47 bits per heavy atom. The minimum absolute atomic E-state index is 0.124. The minimum atomic E-state index is 0.124. The van der Waals surface area contributed by atoms with Crippen molar-refractivity contribution in [2.75, 3.05) is 11.4 Å². The molecule has 1 aromatic heterocycles. The SMILES string of the molecule is CCCN(c1cccc(CNC(C)(C)C)n1)C(C)C. The van der Waals surface area contributed by atoms with Gasteiger partial charge in [-0.2, -0.15) is 0 Å². The lowest BCUT2D eigenvalue weighted by molar-refractivity contribution is 0.421. The van der Waals surface area contributed by atoms with Crippen LogP contribution in [0.4, 0.5) is 5.82 Å².